The van der Waals surface area contributed by atoms with Crippen LogP contribution in [0.2, 0.25) is 0 Å². The summed E-state index contributed by atoms with van der Waals surface area (Å²) >= 11 is 0. The Morgan fingerprint density at radius 3 is 0.714 bits per heavy atom. The second-order valence-corrected chi connectivity index (χ2v) is 18.7. The molecule has 0 heterocycles. The molecule has 354 valence electrons. The van der Waals surface area contributed by atoms with Gasteiger partial charge in [0.25, 0.3) is 0 Å². The summed E-state index contributed by atoms with van der Waals surface area (Å²) in [5.74, 6) is 3.79. The molecular weight excluding hydrogens is 903 g/mol. The number of hydrogen-bond donors (Lipinski definition) is 0. The van der Waals surface area contributed by atoms with Crippen molar-refractivity contribution in [3.63, 3.8) is 0 Å². The molecule has 0 atom stereocenters. The predicted molar refractivity (Wildman–Crippen MR) is 296 cm³/mol. The van der Waals surface area contributed by atoms with Gasteiger partial charge in [-0.1, -0.05) is 172 Å². The number of hydrogen-bond acceptors (Lipinski definition) is 6. The molecule has 0 fully saturated rings. The minimum atomic E-state index is -2.10. The Hall–Kier alpha value is -7.10. The van der Waals surface area contributed by atoms with E-state index in [9.17, 15) is 0 Å². The van der Waals surface area contributed by atoms with Crippen molar-refractivity contribution >= 4 is 60.3 Å². The van der Waals surface area contributed by atoms with Gasteiger partial charge in [-0.2, -0.15) is 0 Å². The molecule has 6 nitrogen and oxygen atoms in total. The Morgan fingerprint density at radius 2 is 0.457 bits per heavy atom. The minimum Gasteiger partial charge on any atom is -0.408 e. The highest BCUT2D eigenvalue weighted by molar-refractivity contribution is 7.43. The van der Waals surface area contributed by atoms with Crippen molar-refractivity contribution in [1.82, 2.24) is 0 Å². The largest absolute Gasteiger partial charge is 0.530 e. The molecule has 0 aromatic heterocycles. The van der Waals surface area contributed by atoms with Crippen molar-refractivity contribution in [2.24, 2.45) is 0 Å². The molecule has 0 aliphatic carbocycles. The van der Waals surface area contributed by atoms with E-state index < -0.39 is 17.2 Å². The van der Waals surface area contributed by atoms with E-state index in [1.165, 1.54) is 0 Å². The smallest absolute Gasteiger partial charge is 0.408 e. The summed E-state index contributed by atoms with van der Waals surface area (Å²) in [5.41, 5.74) is 8.29. The van der Waals surface area contributed by atoms with Gasteiger partial charge in [0, 0.05) is 32.7 Å². The van der Waals surface area contributed by atoms with Crippen LogP contribution >= 0.6 is 17.2 Å². The quantitative estimate of drug-likeness (QED) is 0.107. The van der Waals surface area contributed by atoms with Gasteiger partial charge in [0.15, 0.2) is 0 Å². The van der Waals surface area contributed by atoms with Crippen molar-refractivity contribution < 1.29 is 27.1 Å². The summed E-state index contributed by atoms with van der Waals surface area (Å²) < 4.78 is 41.6. The summed E-state index contributed by atoms with van der Waals surface area (Å²) in [6.07, 6.45) is 0. The number of benzene rings is 10. The predicted octanol–water partition coefficient (Wildman–Crippen LogP) is 19.4. The molecule has 10 rings (SSSR count). The van der Waals surface area contributed by atoms with E-state index in [0.717, 1.165) is 87.6 Å². The number of aryl methyl sites for hydroxylation is 6. The molecule has 10 aromatic rings. The van der Waals surface area contributed by atoms with Gasteiger partial charge in [-0.3, -0.25) is 0 Å². The fraction of sp³-hybridized carbons (Fsp3) is 0.161. The molecule has 0 N–H and O–H groups in total. The third-order valence-electron chi connectivity index (χ3n) is 12.0. The summed E-state index contributed by atoms with van der Waals surface area (Å²) in [6, 6.07) is 61.5. The van der Waals surface area contributed by atoms with E-state index in [1.54, 1.807) is 0 Å². The van der Waals surface area contributed by atoms with Gasteiger partial charge in [-0.05, 0) is 134 Å². The standard InChI is InChI=1S/C58H48O6P2.2C2H6/c1-37-23-29-57(63-65(59-53-31-25-39(3)43-15-7-11-19-47(43)53)60-54-32-26-40(4)44-16-8-12-20-48(44)54)51(35-37)52-36-38(2)24-30-58(52)64-66(61-55-33-27-41(5)45-17-9-13-21-49(45)55)62-56-34-28-42(6)46-18-10-14-22-50(46)56;2*1-2/h7-36H,1-6H3;2*1-2H3. The lowest BCUT2D eigenvalue weighted by molar-refractivity contribution is 0.389. The van der Waals surface area contributed by atoms with Crippen LogP contribution in [0.15, 0.2) is 182 Å². The van der Waals surface area contributed by atoms with Crippen molar-refractivity contribution in [3.8, 4) is 45.6 Å². The molecule has 0 spiro atoms. The van der Waals surface area contributed by atoms with E-state index in [0.29, 0.717) is 34.5 Å². The van der Waals surface area contributed by atoms with Gasteiger partial charge in [-0.15, -0.1) is 0 Å². The first-order valence-corrected chi connectivity index (χ1v) is 26.2. The molecule has 0 radical (unpaired) electrons. The van der Waals surface area contributed by atoms with E-state index in [2.05, 4.69) is 126 Å². The Balaban J connectivity index is 0.00000161. The summed E-state index contributed by atoms with van der Waals surface area (Å²) in [5, 5.41) is 8.29. The maximum atomic E-state index is 7.04. The Bertz CT molecular complexity index is 3040. The van der Waals surface area contributed by atoms with Gasteiger partial charge >= 0.3 is 17.2 Å². The normalized spacial score (nSPS) is 11.0. The fourth-order valence-electron chi connectivity index (χ4n) is 8.47. The first kappa shape index (κ1) is 49.3. The first-order valence-electron chi connectivity index (χ1n) is 24.0. The van der Waals surface area contributed by atoms with Crippen LogP contribution in [-0.2, 0) is 0 Å². The molecule has 0 aliphatic rings. The lowest BCUT2D eigenvalue weighted by Gasteiger charge is -2.23. The second kappa shape index (κ2) is 22.5. The zero-order valence-corrected chi connectivity index (χ0v) is 43.5. The van der Waals surface area contributed by atoms with E-state index in [-0.39, 0.29) is 0 Å². The molecule has 0 amide bonds. The topological polar surface area (TPSA) is 55.4 Å². The number of fused-ring (bicyclic) bond motifs is 4. The first-order chi connectivity index (χ1) is 34.2. The SMILES string of the molecule is CC.CC.Cc1ccc(OP(Oc2ccc(C)c3ccccc23)Oc2ccc(C)c3ccccc23)c(-c2cc(C)ccc2OP(Oc2ccc(C)c3ccccc23)Oc2ccc(C)c3ccccc23)c1. The highest BCUT2D eigenvalue weighted by atomic mass is 31.2. The molecule has 0 unspecified atom stereocenters. The average molecular weight is 963 g/mol. The molecule has 0 aliphatic heterocycles. The zero-order valence-electron chi connectivity index (χ0n) is 41.7. The maximum absolute atomic E-state index is 7.04. The molecule has 0 bridgehead atoms. The lowest BCUT2D eigenvalue weighted by atomic mass is 10.00. The van der Waals surface area contributed by atoms with Crippen LogP contribution in [-0.4, -0.2) is 0 Å². The third kappa shape index (κ3) is 10.7. The summed E-state index contributed by atoms with van der Waals surface area (Å²) in [7, 11) is -4.20. The van der Waals surface area contributed by atoms with Gasteiger partial charge < -0.3 is 27.1 Å². The monoisotopic (exact) mass is 962 g/mol. The molecular formula is C62H60O6P2. The Kier molecular flexibility index (Phi) is 15.9. The highest BCUT2D eigenvalue weighted by Gasteiger charge is 2.28. The molecule has 70 heavy (non-hydrogen) atoms. The van der Waals surface area contributed by atoms with Gasteiger partial charge in [0.1, 0.15) is 34.5 Å². The van der Waals surface area contributed by atoms with Crippen molar-refractivity contribution in [2.75, 3.05) is 0 Å². The maximum Gasteiger partial charge on any atom is 0.530 e. The molecule has 0 saturated carbocycles. The second-order valence-electron chi connectivity index (χ2n) is 16.7. The van der Waals surface area contributed by atoms with Crippen LogP contribution in [0.4, 0.5) is 0 Å². The highest BCUT2D eigenvalue weighted by Crippen LogP contribution is 2.52. The summed E-state index contributed by atoms with van der Waals surface area (Å²) in [6.45, 7) is 20.6. The van der Waals surface area contributed by atoms with Crippen LogP contribution in [0, 0.1) is 41.5 Å². The zero-order chi connectivity index (χ0) is 49.3. The van der Waals surface area contributed by atoms with Crippen molar-refractivity contribution in [1.29, 1.82) is 0 Å². The van der Waals surface area contributed by atoms with E-state index in [4.69, 9.17) is 27.1 Å². The van der Waals surface area contributed by atoms with Crippen LogP contribution < -0.4 is 27.1 Å². The average Bonchev–Trinajstić information content (AvgIpc) is 3.39. The Labute approximate surface area is 415 Å². The van der Waals surface area contributed by atoms with Gasteiger partial charge in [0.05, 0.1) is 0 Å². The third-order valence-corrected chi connectivity index (χ3v) is 14.1. The Morgan fingerprint density at radius 1 is 0.243 bits per heavy atom. The van der Waals surface area contributed by atoms with E-state index >= 15 is 0 Å². The van der Waals surface area contributed by atoms with Crippen LogP contribution in [0.1, 0.15) is 61.1 Å². The lowest BCUT2D eigenvalue weighted by Crippen LogP contribution is -2.06. The van der Waals surface area contributed by atoms with Crippen molar-refractivity contribution in [3.05, 3.63) is 215 Å². The van der Waals surface area contributed by atoms with Crippen LogP contribution in [0.3, 0.4) is 0 Å². The molecule has 10 aromatic carbocycles. The van der Waals surface area contributed by atoms with Crippen molar-refractivity contribution in [2.45, 2.75) is 69.2 Å². The molecule has 0 saturated heterocycles. The van der Waals surface area contributed by atoms with Gasteiger partial charge in [-0.25, -0.2) is 0 Å². The fourth-order valence-corrected chi connectivity index (χ4v) is 10.6. The van der Waals surface area contributed by atoms with E-state index in [1.807, 2.05) is 125 Å². The van der Waals surface area contributed by atoms with Gasteiger partial charge in [0.2, 0.25) is 0 Å². The summed E-state index contributed by atoms with van der Waals surface area (Å²) in [4.78, 5) is 0. The minimum absolute atomic E-state index is 0.565. The van der Waals surface area contributed by atoms with Crippen LogP contribution in [0.5, 0.6) is 34.5 Å². The van der Waals surface area contributed by atoms with Crippen LogP contribution in [0.25, 0.3) is 54.2 Å². The number of rotatable bonds is 13. The molecule has 8 heteroatoms.